The summed E-state index contributed by atoms with van der Waals surface area (Å²) in [6.07, 6.45) is 1.23. The van der Waals surface area contributed by atoms with Crippen molar-refractivity contribution < 1.29 is 18.0 Å². The maximum Gasteiger partial charge on any atom is 0.252 e. The Bertz CT molecular complexity index is 954. The molecule has 1 aromatic heterocycles. The van der Waals surface area contributed by atoms with Gasteiger partial charge in [-0.05, 0) is 56.2 Å². The molecule has 1 unspecified atom stereocenters. The van der Waals surface area contributed by atoms with Gasteiger partial charge in [0, 0.05) is 24.3 Å². The lowest BCUT2D eigenvalue weighted by atomic mass is 9.98. The maximum atomic E-state index is 12.7. The first-order valence-corrected chi connectivity index (χ1v) is 11.1. The molecule has 1 N–H and O–H groups in total. The summed E-state index contributed by atoms with van der Waals surface area (Å²) in [4.78, 5) is 23.9. The molecule has 9 heteroatoms. The van der Waals surface area contributed by atoms with Crippen LogP contribution in [0.15, 0.2) is 40.6 Å². The number of rotatable bonds is 5. The van der Waals surface area contributed by atoms with Gasteiger partial charge >= 0.3 is 0 Å². The van der Waals surface area contributed by atoms with Crippen LogP contribution in [-0.2, 0) is 14.8 Å². The standard InChI is InChI=1S/C18H19ClN2O4S2/c1-12(22)13-4-6-15(7-5-13)20-18(23)14-3-2-10-21(11-14)27(24,25)17-9-8-16(19)26-17/h4-9,14H,2-3,10-11H2,1H3,(H,20,23). The van der Waals surface area contributed by atoms with E-state index < -0.39 is 15.9 Å². The number of thiophene rings is 1. The number of Topliss-reactive ketones (excluding diaryl/α,β-unsaturated/α-hetero) is 1. The van der Waals surface area contributed by atoms with Gasteiger partial charge in [-0.2, -0.15) is 4.31 Å². The molecular weight excluding hydrogens is 408 g/mol. The van der Waals surface area contributed by atoms with E-state index in [1.54, 1.807) is 30.3 Å². The lowest BCUT2D eigenvalue weighted by Gasteiger charge is -2.30. The molecule has 6 nitrogen and oxygen atoms in total. The molecular formula is C18H19ClN2O4S2. The molecule has 0 bridgehead atoms. The molecule has 1 aliphatic rings. The predicted molar refractivity (Wildman–Crippen MR) is 106 cm³/mol. The highest BCUT2D eigenvalue weighted by Gasteiger charge is 2.34. The fourth-order valence-electron chi connectivity index (χ4n) is 2.97. The summed E-state index contributed by atoms with van der Waals surface area (Å²) in [5, 5.41) is 2.80. The van der Waals surface area contributed by atoms with Gasteiger partial charge in [-0.3, -0.25) is 9.59 Å². The number of piperidine rings is 1. The second-order valence-corrected chi connectivity index (χ2v) is 10.3. The Morgan fingerprint density at radius 1 is 1.19 bits per heavy atom. The Balaban J connectivity index is 1.68. The average Bonchev–Trinajstić information content (AvgIpc) is 3.09. The lowest BCUT2D eigenvalue weighted by molar-refractivity contribution is -0.120. The molecule has 1 fully saturated rings. The Kier molecular flexibility index (Phi) is 6.00. The highest BCUT2D eigenvalue weighted by atomic mass is 35.5. The highest BCUT2D eigenvalue weighted by molar-refractivity contribution is 7.91. The van der Waals surface area contributed by atoms with Crippen molar-refractivity contribution >= 4 is 50.3 Å². The molecule has 1 amide bonds. The Morgan fingerprint density at radius 2 is 1.89 bits per heavy atom. The van der Waals surface area contributed by atoms with E-state index in [4.69, 9.17) is 11.6 Å². The fourth-order valence-corrected chi connectivity index (χ4v) is 6.13. The number of carbonyl (C=O) groups excluding carboxylic acids is 2. The topological polar surface area (TPSA) is 83.6 Å². The van der Waals surface area contributed by atoms with Crippen molar-refractivity contribution in [1.29, 1.82) is 0 Å². The molecule has 3 rings (SSSR count). The molecule has 27 heavy (non-hydrogen) atoms. The van der Waals surface area contributed by atoms with Crippen LogP contribution >= 0.6 is 22.9 Å². The van der Waals surface area contributed by atoms with Gasteiger partial charge in [-0.1, -0.05) is 11.6 Å². The first-order chi connectivity index (χ1) is 12.8. The molecule has 2 heterocycles. The number of amides is 1. The molecule has 144 valence electrons. The predicted octanol–water partition coefficient (Wildman–Crippen LogP) is 3.64. The number of halogens is 1. The van der Waals surface area contributed by atoms with Crippen LogP contribution in [0.3, 0.4) is 0 Å². The van der Waals surface area contributed by atoms with Crippen molar-refractivity contribution in [3.63, 3.8) is 0 Å². The molecule has 1 aliphatic heterocycles. The van der Waals surface area contributed by atoms with Crippen LogP contribution in [-0.4, -0.2) is 37.5 Å². The number of benzene rings is 1. The first-order valence-electron chi connectivity index (χ1n) is 8.45. The van der Waals surface area contributed by atoms with Crippen LogP contribution in [0, 0.1) is 5.92 Å². The quantitative estimate of drug-likeness (QED) is 0.739. The molecule has 0 radical (unpaired) electrons. The van der Waals surface area contributed by atoms with E-state index in [2.05, 4.69) is 5.32 Å². The van der Waals surface area contributed by atoms with E-state index in [1.807, 2.05) is 0 Å². The number of nitrogens with one attached hydrogen (secondary N) is 1. The molecule has 1 atom stereocenters. The van der Waals surface area contributed by atoms with Crippen molar-refractivity contribution in [3.8, 4) is 0 Å². The zero-order chi connectivity index (χ0) is 19.6. The highest BCUT2D eigenvalue weighted by Crippen LogP contribution is 2.31. The van der Waals surface area contributed by atoms with Crippen LogP contribution in [0.4, 0.5) is 5.69 Å². The third-order valence-electron chi connectivity index (χ3n) is 4.46. The Hall–Kier alpha value is -1.74. The van der Waals surface area contributed by atoms with Gasteiger partial charge in [0.2, 0.25) is 5.91 Å². The van der Waals surface area contributed by atoms with E-state index in [1.165, 1.54) is 17.3 Å². The number of hydrogen-bond donors (Lipinski definition) is 1. The third-order valence-corrected chi connectivity index (χ3v) is 8.02. The normalized spacial score (nSPS) is 18.2. The smallest absolute Gasteiger partial charge is 0.252 e. The van der Waals surface area contributed by atoms with Crippen LogP contribution in [0.5, 0.6) is 0 Å². The van der Waals surface area contributed by atoms with Gasteiger partial charge in [0.1, 0.15) is 4.21 Å². The number of hydrogen-bond acceptors (Lipinski definition) is 5. The second-order valence-electron chi connectivity index (χ2n) is 6.38. The van der Waals surface area contributed by atoms with Crippen molar-refractivity contribution in [2.24, 2.45) is 5.92 Å². The molecule has 2 aromatic rings. The number of carbonyl (C=O) groups is 2. The summed E-state index contributed by atoms with van der Waals surface area (Å²) in [5.41, 5.74) is 1.15. The summed E-state index contributed by atoms with van der Waals surface area (Å²) >= 11 is 6.87. The van der Waals surface area contributed by atoms with Crippen LogP contribution in [0.25, 0.3) is 0 Å². The van der Waals surface area contributed by atoms with Gasteiger partial charge in [0.15, 0.2) is 5.78 Å². The van der Waals surface area contributed by atoms with Crippen molar-refractivity contribution in [3.05, 3.63) is 46.3 Å². The Labute approximate surface area is 167 Å². The van der Waals surface area contributed by atoms with Crippen LogP contribution in [0.2, 0.25) is 4.34 Å². The van der Waals surface area contributed by atoms with Gasteiger partial charge in [-0.15, -0.1) is 11.3 Å². The molecule has 1 aromatic carbocycles. The minimum atomic E-state index is -3.65. The average molecular weight is 427 g/mol. The summed E-state index contributed by atoms with van der Waals surface area (Å²) < 4.78 is 27.4. The summed E-state index contributed by atoms with van der Waals surface area (Å²) in [6.45, 7) is 2.00. The van der Waals surface area contributed by atoms with Gasteiger partial charge in [-0.25, -0.2) is 8.42 Å². The largest absolute Gasteiger partial charge is 0.326 e. The van der Waals surface area contributed by atoms with Crippen molar-refractivity contribution in [2.45, 2.75) is 24.0 Å². The summed E-state index contributed by atoms with van der Waals surface area (Å²) in [7, 11) is -3.65. The first kappa shape index (κ1) is 20.0. The summed E-state index contributed by atoms with van der Waals surface area (Å²) in [5.74, 6) is -0.708. The molecule has 1 saturated heterocycles. The zero-order valence-electron chi connectivity index (χ0n) is 14.6. The van der Waals surface area contributed by atoms with E-state index in [-0.39, 0.29) is 22.4 Å². The number of anilines is 1. The second kappa shape index (κ2) is 8.10. The monoisotopic (exact) mass is 426 g/mol. The van der Waals surface area contributed by atoms with E-state index in [0.29, 0.717) is 35.0 Å². The van der Waals surface area contributed by atoms with E-state index >= 15 is 0 Å². The van der Waals surface area contributed by atoms with Gasteiger partial charge in [0.05, 0.1) is 10.3 Å². The van der Waals surface area contributed by atoms with Crippen molar-refractivity contribution in [1.82, 2.24) is 4.31 Å². The van der Waals surface area contributed by atoms with Gasteiger partial charge < -0.3 is 5.32 Å². The number of sulfonamides is 1. The van der Waals surface area contributed by atoms with Crippen LogP contribution < -0.4 is 5.32 Å². The van der Waals surface area contributed by atoms with E-state index in [0.717, 1.165) is 11.3 Å². The molecule has 0 aliphatic carbocycles. The fraction of sp³-hybridized carbons (Fsp3) is 0.333. The van der Waals surface area contributed by atoms with Crippen molar-refractivity contribution in [2.75, 3.05) is 18.4 Å². The van der Waals surface area contributed by atoms with Crippen LogP contribution in [0.1, 0.15) is 30.1 Å². The zero-order valence-corrected chi connectivity index (χ0v) is 17.0. The number of ketones is 1. The molecule has 0 spiro atoms. The SMILES string of the molecule is CC(=O)c1ccc(NC(=O)C2CCCN(S(=O)(=O)c3ccc(Cl)s3)C2)cc1. The Morgan fingerprint density at radius 3 is 2.48 bits per heavy atom. The van der Waals surface area contributed by atoms with Gasteiger partial charge in [0.25, 0.3) is 10.0 Å². The minimum absolute atomic E-state index is 0.0466. The lowest BCUT2D eigenvalue weighted by Crippen LogP contribution is -2.43. The summed E-state index contributed by atoms with van der Waals surface area (Å²) in [6, 6.07) is 9.67. The number of nitrogens with zero attached hydrogens (tertiary/aromatic N) is 1. The third kappa shape index (κ3) is 4.57. The maximum absolute atomic E-state index is 12.7. The minimum Gasteiger partial charge on any atom is -0.326 e. The molecule has 0 saturated carbocycles. The van der Waals surface area contributed by atoms with E-state index in [9.17, 15) is 18.0 Å².